The second kappa shape index (κ2) is 8.37. The summed E-state index contributed by atoms with van der Waals surface area (Å²) in [5.74, 6) is 1.60. The number of Topliss-reactive ketones (excluding diaryl/α,β-unsaturated/α-hetero) is 1. The first kappa shape index (κ1) is 22.3. The van der Waals surface area contributed by atoms with Gasteiger partial charge in [0.25, 0.3) is 16.0 Å². The van der Waals surface area contributed by atoms with Crippen molar-refractivity contribution < 1.29 is 22.2 Å². The van der Waals surface area contributed by atoms with E-state index in [9.17, 15) is 18.0 Å². The summed E-state index contributed by atoms with van der Waals surface area (Å²) >= 11 is 0. The molecule has 0 radical (unpaired) electrons. The molecule has 4 aliphatic rings. The molecule has 6 rings (SSSR count). The summed E-state index contributed by atoms with van der Waals surface area (Å²) < 4.78 is 30.5. The molecule has 1 atom stereocenters. The highest BCUT2D eigenvalue weighted by Crippen LogP contribution is 2.55. The van der Waals surface area contributed by atoms with Crippen molar-refractivity contribution >= 4 is 21.8 Å². The average molecular weight is 468 g/mol. The Labute approximate surface area is 194 Å². The summed E-state index contributed by atoms with van der Waals surface area (Å²) in [5.41, 5.74) is 0.711. The maximum Gasteiger partial charge on any atom is 0.297 e. The van der Waals surface area contributed by atoms with E-state index in [-0.39, 0.29) is 16.3 Å². The third-order valence-corrected chi connectivity index (χ3v) is 8.91. The smallest absolute Gasteiger partial charge is 0.297 e. The fourth-order valence-electron chi connectivity index (χ4n) is 6.48. The minimum Gasteiger partial charge on any atom is -0.347 e. The van der Waals surface area contributed by atoms with E-state index in [1.165, 1.54) is 50.5 Å². The van der Waals surface area contributed by atoms with E-state index >= 15 is 0 Å². The summed E-state index contributed by atoms with van der Waals surface area (Å²) in [7, 11) is -4.15. The van der Waals surface area contributed by atoms with E-state index in [1.54, 1.807) is 30.3 Å². The second-order valence-corrected chi connectivity index (χ2v) is 11.7. The molecule has 0 heterocycles. The number of carbonyl (C=O) groups excluding carboxylic acids is 2. The molecule has 1 unspecified atom stereocenters. The molecule has 174 valence electrons. The van der Waals surface area contributed by atoms with Crippen LogP contribution in [0.3, 0.4) is 0 Å². The largest absolute Gasteiger partial charge is 0.347 e. The van der Waals surface area contributed by atoms with Crippen LogP contribution in [0.5, 0.6) is 0 Å². The molecule has 4 aliphatic carbocycles. The van der Waals surface area contributed by atoms with Crippen LogP contribution in [-0.2, 0) is 14.3 Å². The van der Waals surface area contributed by atoms with Crippen molar-refractivity contribution in [2.24, 2.45) is 17.8 Å². The average Bonchev–Trinajstić information content (AvgIpc) is 2.77. The lowest BCUT2D eigenvalue weighted by Crippen LogP contribution is -2.59. The Kier molecular flexibility index (Phi) is 5.65. The van der Waals surface area contributed by atoms with E-state index in [4.69, 9.17) is 4.18 Å². The quantitative estimate of drug-likeness (QED) is 0.483. The van der Waals surface area contributed by atoms with Crippen LogP contribution in [0.4, 0.5) is 0 Å². The third kappa shape index (κ3) is 4.49. The number of benzene rings is 2. The molecule has 0 aromatic heterocycles. The Balaban J connectivity index is 1.25. The van der Waals surface area contributed by atoms with E-state index < -0.39 is 22.0 Å². The zero-order valence-electron chi connectivity index (χ0n) is 18.7. The lowest BCUT2D eigenvalue weighted by atomic mass is 9.53. The molecule has 0 aliphatic heterocycles. The molecule has 2 aromatic carbocycles. The highest BCUT2D eigenvalue weighted by atomic mass is 32.2. The van der Waals surface area contributed by atoms with Crippen molar-refractivity contribution in [3.05, 3.63) is 65.7 Å². The van der Waals surface area contributed by atoms with Crippen LogP contribution in [0.25, 0.3) is 0 Å². The number of hydrogen-bond acceptors (Lipinski definition) is 5. The molecule has 4 bridgehead atoms. The zero-order chi connectivity index (χ0) is 23.2. The van der Waals surface area contributed by atoms with Gasteiger partial charge in [-0.3, -0.25) is 13.8 Å². The molecule has 4 fully saturated rings. The summed E-state index contributed by atoms with van der Waals surface area (Å²) in [6.45, 7) is 1.42. The number of hydrogen-bond donors (Lipinski definition) is 1. The van der Waals surface area contributed by atoms with Crippen LogP contribution in [0.2, 0.25) is 0 Å². The van der Waals surface area contributed by atoms with E-state index in [2.05, 4.69) is 5.32 Å². The molecule has 4 saturated carbocycles. The predicted octanol–water partition coefficient (Wildman–Crippen LogP) is 4.36. The van der Waals surface area contributed by atoms with Crippen molar-refractivity contribution in [1.29, 1.82) is 0 Å². The van der Waals surface area contributed by atoms with Gasteiger partial charge in [0, 0.05) is 16.7 Å². The van der Waals surface area contributed by atoms with Gasteiger partial charge in [-0.05, 0) is 87.5 Å². The summed E-state index contributed by atoms with van der Waals surface area (Å²) in [6.07, 6.45) is 5.90. The van der Waals surface area contributed by atoms with Gasteiger partial charge in [0.2, 0.25) is 0 Å². The van der Waals surface area contributed by atoms with Gasteiger partial charge in [0.15, 0.2) is 5.78 Å². The van der Waals surface area contributed by atoms with Crippen LogP contribution in [0, 0.1) is 17.8 Å². The topological polar surface area (TPSA) is 89.5 Å². The number of ketones is 1. The number of rotatable bonds is 7. The van der Waals surface area contributed by atoms with Crippen LogP contribution in [-0.4, -0.2) is 31.8 Å². The molecule has 0 saturated heterocycles. The van der Waals surface area contributed by atoms with Gasteiger partial charge in [0.1, 0.15) is 6.10 Å². The molecule has 33 heavy (non-hydrogen) atoms. The molecule has 2 aromatic rings. The van der Waals surface area contributed by atoms with Gasteiger partial charge in [-0.25, -0.2) is 0 Å². The molecule has 1 N–H and O–H groups in total. The summed E-state index contributed by atoms with van der Waals surface area (Å²) in [6, 6.07) is 14.2. The minimum absolute atomic E-state index is 0.0819. The fraction of sp³-hybridized carbons (Fsp3) is 0.462. The second-order valence-electron chi connectivity index (χ2n) is 10.1. The van der Waals surface area contributed by atoms with Crippen LogP contribution < -0.4 is 5.32 Å². The first-order valence-corrected chi connectivity index (χ1v) is 13.1. The number of carbonyl (C=O) groups is 2. The number of amides is 1. The normalized spacial score (nSPS) is 28.9. The third-order valence-electron chi connectivity index (χ3n) is 7.52. The maximum atomic E-state index is 13.0. The predicted molar refractivity (Wildman–Crippen MR) is 123 cm³/mol. The SMILES string of the molecule is CC(OS(=O)(=O)c1ccc(C(=O)NC23CC4CC(CC(C4)C2)C3)cc1)C(=O)c1ccccc1. The van der Waals surface area contributed by atoms with Crippen molar-refractivity contribution in [3.8, 4) is 0 Å². The first-order chi connectivity index (χ1) is 15.7. The lowest BCUT2D eigenvalue weighted by molar-refractivity contribution is -0.0167. The standard InChI is InChI=1S/C26H29NO5S/c1-17(24(28)21-5-3-2-4-6-21)32-33(30,31)23-9-7-22(8-10-23)25(29)27-26-14-18-11-19(15-26)13-20(12-18)16-26/h2-10,17-20H,11-16H2,1H3,(H,27,29). The van der Waals surface area contributed by atoms with Crippen LogP contribution in [0.1, 0.15) is 66.2 Å². The highest BCUT2D eigenvalue weighted by Gasteiger charge is 2.51. The maximum absolute atomic E-state index is 13.0. The highest BCUT2D eigenvalue weighted by molar-refractivity contribution is 7.86. The molecular formula is C26H29NO5S. The fourth-order valence-corrected chi connectivity index (χ4v) is 7.52. The Morgan fingerprint density at radius 2 is 1.42 bits per heavy atom. The van der Waals surface area contributed by atoms with Crippen molar-refractivity contribution in [3.63, 3.8) is 0 Å². The van der Waals surface area contributed by atoms with Gasteiger partial charge in [0.05, 0.1) is 4.90 Å². The van der Waals surface area contributed by atoms with Gasteiger partial charge >= 0.3 is 0 Å². The van der Waals surface area contributed by atoms with Gasteiger partial charge < -0.3 is 5.32 Å². The lowest BCUT2D eigenvalue weighted by Gasteiger charge is -2.56. The van der Waals surface area contributed by atoms with Gasteiger partial charge in [-0.1, -0.05) is 30.3 Å². The first-order valence-electron chi connectivity index (χ1n) is 11.7. The van der Waals surface area contributed by atoms with Crippen LogP contribution in [0.15, 0.2) is 59.5 Å². The Morgan fingerprint density at radius 3 is 1.97 bits per heavy atom. The Morgan fingerprint density at radius 1 is 0.879 bits per heavy atom. The van der Waals surface area contributed by atoms with Gasteiger partial charge in [-0.15, -0.1) is 0 Å². The van der Waals surface area contributed by atoms with Gasteiger partial charge in [-0.2, -0.15) is 8.42 Å². The molecule has 6 nitrogen and oxygen atoms in total. The Hall–Kier alpha value is -2.51. The van der Waals surface area contributed by atoms with Crippen molar-refractivity contribution in [1.82, 2.24) is 5.32 Å². The number of nitrogens with one attached hydrogen (secondary N) is 1. The molecule has 0 spiro atoms. The Bertz CT molecular complexity index is 1120. The van der Waals surface area contributed by atoms with Crippen LogP contribution >= 0.6 is 0 Å². The summed E-state index contributed by atoms with van der Waals surface area (Å²) in [4.78, 5) is 25.4. The van der Waals surface area contributed by atoms with E-state index in [0.717, 1.165) is 37.0 Å². The van der Waals surface area contributed by atoms with E-state index in [0.29, 0.717) is 11.1 Å². The molecular weight excluding hydrogens is 438 g/mol. The minimum atomic E-state index is -4.15. The monoisotopic (exact) mass is 467 g/mol. The van der Waals surface area contributed by atoms with Crippen molar-refractivity contribution in [2.75, 3.05) is 0 Å². The molecule has 1 amide bonds. The van der Waals surface area contributed by atoms with E-state index in [1.807, 2.05) is 0 Å². The van der Waals surface area contributed by atoms with Crippen molar-refractivity contribution in [2.45, 2.75) is 62.0 Å². The zero-order valence-corrected chi connectivity index (χ0v) is 19.5. The molecule has 7 heteroatoms. The summed E-state index contributed by atoms with van der Waals surface area (Å²) in [5, 5.41) is 3.30.